The van der Waals surface area contributed by atoms with Gasteiger partial charge < -0.3 is 5.21 Å². The summed E-state index contributed by atoms with van der Waals surface area (Å²) in [5, 5.41) is 16.1. The average Bonchev–Trinajstić information content (AvgIpc) is 2.34. The van der Waals surface area contributed by atoms with Crippen LogP contribution in [0.4, 0.5) is 0 Å². The van der Waals surface area contributed by atoms with Gasteiger partial charge in [-0.25, -0.2) is 0 Å². The Labute approximate surface area is 92.8 Å². The summed E-state index contributed by atoms with van der Waals surface area (Å²) in [4.78, 5) is 0.759. The van der Waals surface area contributed by atoms with Crippen LogP contribution in [-0.4, -0.2) is 20.4 Å². The quantitative estimate of drug-likeness (QED) is 0.598. The fraction of sp³-hybridized carbons (Fsp3) is 0. The molecule has 0 amide bonds. The normalized spacial score (nSPS) is 9.45. The van der Waals surface area contributed by atoms with Gasteiger partial charge in [-0.2, -0.15) is 0 Å². The van der Waals surface area contributed by atoms with Gasteiger partial charge in [0.05, 0.1) is 0 Å². The number of rotatable bonds is 0. The summed E-state index contributed by atoms with van der Waals surface area (Å²) >= 11 is 0. The van der Waals surface area contributed by atoms with Crippen LogP contribution < -0.4 is 0 Å². The summed E-state index contributed by atoms with van der Waals surface area (Å²) in [5.74, 6) is 0. The van der Waals surface area contributed by atoms with Crippen LogP contribution in [-0.2, 0) is 0 Å². The first-order valence-electron chi connectivity index (χ1n) is 2.87. The molecule has 1 aromatic heterocycles. The van der Waals surface area contributed by atoms with Crippen molar-refractivity contribution in [1.29, 1.82) is 0 Å². The molecule has 4 nitrogen and oxygen atoms in total. The van der Waals surface area contributed by atoms with E-state index in [2.05, 4.69) is 10.3 Å². The average molecular weight is 175 g/mol. The van der Waals surface area contributed by atoms with Gasteiger partial charge in [-0.05, 0) is 17.3 Å². The predicted molar refractivity (Wildman–Crippen MR) is 34.7 cm³/mol. The molecule has 0 spiro atoms. The molecule has 1 aromatic carbocycles. The molecule has 0 fully saturated rings. The number of hydrogen-bond donors (Lipinski definition) is 1. The summed E-state index contributed by atoms with van der Waals surface area (Å²) in [5.41, 5.74) is 1.33. The molecule has 0 saturated carbocycles. The number of para-hydroxylation sites is 1. The molecule has 1 heterocycles. The van der Waals surface area contributed by atoms with Gasteiger partial charge in [0.2, 0.25) is 0 Å². The third-order valence-electron chi connectivity index (χ3n) is 1.33. The van der Waals surface area contributed by atoms with E-state index in [0.717, 1.165) is 4.85 Å². The Hall–Kier alpha value is -0.320. The van der Waals surface area contributed by atoms with Crippen LogP contribution in [0.5, 0.6) is 0 Å². The first-order valence-corrected chi connectivity index (χ1v) is 2.87. The molecule has 0 aliphatic heterocycles. The van der Waals surface area contributed by atoms with Crippen LogP contribution in [0, 0.1) is 37.7 Å². The van der Waals surface area contributed by atoms with Crippen LogP contribution in [0.3, 0.4) is 0 Å². The van der Waals surface area contributed by atoms with E-state index in [4.69, 9.17) is 5.21 Å². The van der Waals surface area contributed by atoms with Gasteiger partial charge in [0, 0.05) is 37.7 Å². The van der Waals surface area contributed by atoms with Crippen LogP contribution in [0.2, 0.25) is 0 Å². The Morgan fingerprint density at radius 3 is 2.73 bits per heavy atom. The molecule has 0 atom stereocenters. The predicted octanol–water partition coefficient (Wildman–Crippen LogP) is 0.669. The zero-order valence-electron chi connectivity index (χ0n) is 5.45. The minimum Gasteiger partial charge on any atom is -0.410 e. The van der Waals surface area contributed by atoms with Gasteiger partial charge in [-0.1, -0.05) is 17.0 Å². The molecule has 5 heteroatoms. The fourth-order valence-electron chi connectivity index (χ4n) is 0.857. The third kappa shape index (κ3) is 1.47. The monoisotopic (exact) mass is 175 g/mol. The second kappa shape index (κ2) is 3.38. The number of fused-ring (bicyclic) bond motifs is 1. The third-order valence-corrected chi connectivity index (χ3v) is 1.33. The molecule has 0 aliphatic rings. The molecule has 0 radical (unpaired) electrons. The van der Waals surface area contributed by atoms with Gasteiger partial charge in [-0.15, -0.1) is 5.10 Å². The SMILES string of the molecule is On1nnc2ccccc21.[Ar]. The second-order valence-electron chi connectivity index (χ2n) is 1.97. The summed E-state index contributed by atoms with van der Waals surface area (Å²) in [7, 11) is 0. The van der Waals surface area contributed by atoms with Gasteiger partial charge >= 0.3 is 0 Å². The van der Waals surface area contributed by atoms with Crippen molar-refractivity contribution in [3.05, 3.63) is 24.3 Å². The van der Waals surface area contributed by atoms with Crippen molar-refractivity contribution in [2.24, 2.45) is 0 Å². The summed E-state index contributed by atoms with van der Waals surface area (Å²) < 4.78 is 0. The Morgan fingerprint density at radius 1 is 1.27 bits per heavy atom. The van der Waals surface area contributed by atoms with Crippen LogP contribution in [0.15, 0.2) is 24.3 Å². The maximum atomic E-state index is 8.95. The molecule has 2 aromatic rings. The van der Waals surface area contributed by atoms with Crippen molar-refractivity contribution in [1.82, 2.24) is 15.2 Å². The maximum Gasteiger partial charge on any atom is 0.130 e. The standard InChI is InChI=1S/C6H5N3O.Ar/c10-9-6-4-2-1-3-5(6)7-8-9;/h1-4,10H;. The molecule has 0 unspecified atom stereocenters. The van der Waals surface area contributed by atoms with Crippen LogP contribution >= 0.6 is 0 Å². The van der Waals surface area contributed by atoms with Crippen LogP contribution in [0.1, 0.15) is 0 Å². The maximum absolute atomic E-state index is 8.95. The molecule has 58 valence electrons. The van der Waals surface area contributed by atoms with E-state index in [9.17, 15) is 0 Å². The Balaban J connectivity index is 0.000000605. The molecule has 0 aliphatic carbocycles. The topological polar surface area (TPSA) is 50.9 Å². The zero-order chi connectivity index (χ0) is 6.97. The molecular weight excluding hydrogens is 170 g/mol. The minimum absolute atomic E-state index is 0. The summed E-state index contributed by atoms with van der Waals surface area (Å²) in [6, 6.07) is 7.19. The summed E-state index contributed by atoms with van der Waals surface area (Å²) in [6.45, 7) is 0. The van der Waals surface area contributed by atoms with Crippen molar-refractivity contribution in [3.8, 4) is 0 Å². The Kier molecular flexibility index (Phi) is 2.70. The first kappa shape index (κ1) is 8.77. The van der Waals surface area contributed by atoms with Crippen molar-refractivity contribution < 1.29 is 42.9 Å². The van der Waals surface area contributed by atoms with E-state index in [1.54, 1.807) is 12.1 Å². The molecule has 1 N–H and O–H groups in total. The van der Waals surface area contributed by atoms with Gasteiger partial charge in [0.1, 0.15) is 11.0 Å². The van der Waals surface area contributed by atoms with E-state index in [1.807, 2.05) is 12.1 Å². The summed E-state index contributed by atoms with van der Waals surface area (Å²) in [6.07, 6.45) is 0. The minimum atomic E-state index is 0. The van der Waals surface area contributed by atoms with Gasteiger partial charge in [0.15, 0.2) is 0 Å². The van der Waals surface area contributed by atoms with Crippen molar-refractivity contribution in [3.63, 3.8) is 0 Å². The van der Waals surface area contributed by atoms with Gasteiger partial charge in [0.25, 0.3) is 0 Å². The smallest absolute Gasteiger partial charge is 0.130 e. The fourth-order valence-corrected chi connectivity index (χ4v) is 0.857. The van der Waals surface area contributed by atoms with Gasteiger partial charge in [-0.3, -0.25) is 0 Å². The molecular formula is C6H5ArN3O. The molecule has 11 heavy (non-hydrogen) atoms. The number of benzene rings is 1. The van der Waals surface area contributed by atoms with Crippen LogP contribution in [0.25, 0.3) is 11.0 Å². The zero-order valence-corrected chi connectivity index (χ0v) is 6.16. The van der Waals surface area contributed by atoms with E-state index < -0.39 is 0 Å². The van der Waals surface area contributed by atoms with E-state index in [1.165, 1.54) is 0 Å². The Morgan fingerprint density at radius 2 is 2.00 bits per heavy atom. The second-order valence-corrected chi connectivity index (χ2v) is 1.97. The number of aromatic nitrogens is 3. The van der Waals surface area contributed by atoms with Crippen molar-refractivity contribution in [2.45, 2.75) is 0 Å². The largest absolute Gasteiger partial charge is 0.410 e. The number of nitrogens with zero attached hydrogens (tertiary/aromatic N) is 3. The van der Waals surface area contributed by atoms with E-state index in [0.29, 0.717) is 11.0 Å². The first-order chi connectivity index (χ1) is 4.88. The van der Waals surface area contributed by atoms with Crippen molar-refractivity contribution in [2.75, 3.05) is 0 Å². The Bertz CT molecular complexity index is 359. The number of hydrogen-bond acceptors (Lipinski definition) is 3. The van der Waals surface area contributed by atoms with E-state index >= 15 is 0 Å². The molecule has 2 rings (SSSR count). The molecule has 0 bridgehead atoms. The molecule has 0 saturated heterocycles. The van der Waals surface area contributed by atoms with Crippen molar-refractivity contribution >= 4 is 11.0 Å². The van der Waals surface area contributed by atoms with E-state index in [-0.39, 0.29) is 37.7 Å².